The summed E-state index contributed by atoms with van der Waals surface area (Å²) in [5.74, 6) is -0.221. The van der Waals surface area contributed by atoms with Crippen LogP contribution >= 0.6 is 0 Å². The number of hydrogen-bond acceptors (Lipinski definition) is 5. The Kier molecular flexibility index (Phi) is 4.93. The lowest BCUT2D eigenvalue weighted by molar-refractivity contribution is -0.168. The molecule has 0 heterocycles. The topological polar surface area (TPSA) is 61.8 Å². The van der Waals surface area contributed by atoms with Gasteiger partial charge in [0.05, 0.1) is 14.2 Å². The van der Waals surface area contributed by atoms with Crippen LogP contribution in [0.4, 0.5) is 0 Å². The Balaban J connectivity index is 1.74. The number of allylic oxidation sites excluding steroid dienone is 3. The van der Waals surface area contributed by atoms with E-state index >= 15 is 0 Å². The normalized spacial score (nSPS) is 18.2. The molecule has 0 atom stereocenters. The van der Waals surface area contributed by atoms with Gasteiger partial charge in [-0.05, 0) is 49.0 Å². The first-order valence-electron chi connectivity index (χ1n) is 8.34. The van der Waals surface area contributed by atoms with E-state index in [1.165, 1.54) is 14.2 Å². The Labute approximate surface area is 147 Å². The molecule has 25 heavy (non-hydrogen) atoms. The SMILES string of the molecule is COC(=O)C1(C(=O)OC)CC2=C(CCC(COc3ccccc3)=C2)C1. The van der Waals surface area contributed by atoms with Crippen LogP contribution in [0, 0.1) is 5.41 Å². The third kappa shape index (κ3) is 3.31. The molecule has 0 unspecified atom stereocenters. The van der Waals surface area contributed by atoms with Gasteiger partial charge in [0.2, 0.25) is 0 Å². The molecule has 1 aromatic carbocycles. The lowest BCUT2D eigenvalue weighted by Gasteiger charge is -2.23. The monoisotopic (exact) mass is 342 g/mol. The summed E-state index contributed by atoms with van der Waals surface area (Å²) >= 11 is 0. The van der Waals surface area contributed by atoms with Crippen molar-refractivity contribution in [2.75, 3.05) is 20.8 Å². The maximum atomic E-state index is 12.3. The molecule has 1 aromatic rings. The molecule has 0 saturated carbocycles. The van der Waals surface area contributed by atoms with Gasteiger partial charge < -0.3 is 14.2 Å². The molecule has 0 amide bonds. The zero-order valence-corrected chi connectivity index (χ0v) is 14.5. The summed E-state index contributed by atoms with van der Waals surface area (Å²) in [4.78, 5) is 24.6. The molecule has 0 radical (unpaired) electrons. The Hall–Kier alpha value is -2.56. The molecule has 2 aliphatic carbocycles. The van der Waals surface area contributed by atoms with E-state index in [0.717, 1.165) is 35.3 Å². The molecule has 5 nitrogen and oxygen atoms in total. The number of rotatable bonds is 5. The zero-order chi connectivity index (χ0) is 17.9. The van der Waals surface area contributed by atoms with E-state index in [0.29, 0.717) is 19.4 Å². The molecular formula is C20H22O5. The average Bonchev–Trinajstić information content (AvgIpc) is 3.05. The van der Waals surface area contributed by atoms with E-state index in [4.69, 9.17) is 14.2 Å². The molecule has 0 fully saturated rings. The van der Waals surface area contributed by atoms with Crippen LogP contribution < -0.4 is 4.74 Å². The van der Waals surface area contributed by atoms with Crippen LogP contribution in [0.15, 0.2) is 53.1 Å². The highest BCUT2D eigenvalue weighted by Gasteiger charge is 2.53. The highest BCUT2D eigenvalue weighted by atomic mass is 16.5. The Morgan fingerprint density at radius 1 is 1.00 bits per heavy atom. The second-order valence-corrected chi connectivity index (χ2v) is 6.45. The lowest BCUT2D eigenvalue weighted by Crippen LogP contribution is -2.39. The summed E-state index contributed by atoms with van der Waals surface area (Å²) in [6, 6.07) is 9.65. The van der Waals surface area contributed by atoms with Crippen molar-refractivity contribution in [3.05, 3.63) is 53.1 Å². The lowest BCUT2D eigenvalue weighted by atomic mass is 9.83. The number of para-hydroxylation sites is 1. The predicted molar refractivity (Wildman–Crippen MR) is 92.0 cm³/mol. The first-order chi connectivity index (χ1) is 12.1. The number of benzene rings is 1. The van der Waals surface area contributed by atoms with Gasteiger partial charge in [-0.1, -0.05) is 29.8 Å². The minimum Gasteiger partial charge on any atom is -0.489 e. The van der Waals surface area contributed by atoms with E-state index in [2.05, 4.69) is 6.08 Å². The van der Waals surface area contributed by atoms with Gasteiger partial charge in [-0.2, -0.15) is 0 Å². The van der Waals surface area contributed by atoms with Crippen molar-refractivity contribution in [3.8, 4) is 5.75 Å². The summed E-state index contributed by atoms with van der Waals surface area (Å²) in [6.45, 7) is 0.504. The van der Waals surface area contributed by atoms with Crippen LogP contribution in [0.1, 0.15) is 25.7 Å². The van der Waals surface area contributed by atoms with E-state index in [1.54, 1.807) is 0 Å². The molecule has 132 valence electrons. The van der Waals surface area contributed by atoms with E-state index < -0.39 is 17.4 Å². The standard InChI is InChI=1S/C20H22O5/c1-23-18(21)20(19(22)24-2)11-15-9-8-14(10-16(15)12-20)13-25-17-6-4-3-5-7-17/h3-7,10H,8-9,11-13H2,1-2H3. The molecule has 0 aliphatic heterocycles. The van der Waals surface area contributed by atoms with Crippen LogP contribution in [0.5, 0.6) is 5.75 Å². The van der Waals surface area contributed by atoms with Gasteiger partial charge in [0, 0.05) is 0 Å². The molecule has 3 rings (SSSR count). The number of ether oxygens (including phenoxy) is 3. The first kappa shape index (κ1) is 17.3. The summed E-state index contributed by atoms with van der Waals surface area (Å²) in [5, 5.41) is 0. The van der Waals surface area contributed by atoms with Gasteiger partial charge in [0.1, 0.15) is 12.4 Å². The fourth-order valence-electron chi connectivity index (χ4n) is 3.59. The van der Waals surface area contributed by atoms with E-state index in [9.17, 15) is 9.59 Å². The molecule has 0 spiro atoms. The quantitative estimate of drug-likeness (QED) is 0.607. The largest absolute Gasteiger partial charge is 0.489 e. The van der Waals surface area contributed by atoms with Crippen molar-refractivity contribution in [1.29, 1.82) is 0 Å². The van der Waals surface area contributed by atoms with E-state index in [1.807, 2.05) is 30.3 Å². The van der Waals surface area contributed by atoms with Crippen LogP contribution in [-0.4, -0.2) is 32.8 Å². The highest BCUT2D eigenvalue weighted by molar-refractivity contribution is 6.01. The Morgan fingerprint density at radius 2 is 1.68 bits per heavy atom. The second-order valence-electron chi connectivity index (χ2n) is 6.45. The number of carbonyl (C=O) groups is 2. The Morgan fingerprint density at radius 3 is 2.32 bits per heavy atom. The fraction of sp³-hybridized carbons (Fsp3) is 0.400. The molecule has 0 bridgehead atoms. The van der Waals surface area contributed by atoms with Crippen LogP contribution in [-0.2, 0) is 19.1 Å². The minimum atomic E-state index is -1.24. The van der Waals surface area contributed by atoms with Gasteiger partial charge >= 0.3 is 11.9 Å². The van der Waals surface area contributed by atoms with Crippen molar-refractivity contribution >= 4 is 11.9 Å². The minimum absolute atomic E-state index is 0.330. The highest BCUT2D eigenvalue weighted by Crippen LogP contribution is 2.48. The second kappa shape index (κ2) is 7.13. The maximum absolute atomic E-state index is 12.3. The third-order valence-corrected chi connectivity index (χ3v) is 4.91. The van der Waals surface area contributed by atoms with Crippen LogP contribution in [0.25, 0.3) is 0 Å². The van der Waals surface area contributed by atoms with Gasteiger partial charge in [0.25, 0.3) is 0 Å². The molecular weight excluding hydrogens is 320 g/mol. The first-order valence-corrected chi connectivity index (χ1v) is 8.34. The predicted octanol–water partition coefficient (Wildman–Crippen LogP) is 3.21. The summed E-state index contributed by atoms with van der Waals surface area (Å²) in [7, 11) is 2.61. The maximum Gasteiger partial charge on any atom is 0.323 e. The molecule has 0 N–H and O–H groups in total. The van der Waals surface area contributed by atoms with E-state index in [-0.39, 0.29) is 0 Å². The average molecular weight is 342 g/mol. The van der Waals surface area contributed by atoms with Crippen molar-refractivity contribution < 1.29 is 23.8 Å². The smallest absolute Gasteiger partial charge is 0.323 e. The van der Waals surface area contributed by atoms with Crippen molar-refractivity contribution in [2.24, 2.45) is 5.41 Å². The molecule has 0 saturated heterocycles. The molecule has 2 aliphatic rings. The summed E-state index contributed by atoms with van der Waals surface area (Å²) < 4.78 is 15.6. The Bertz CT molecular complexity index is 714. The summed E-state index contributed by atoms with van der Waals surface area (Å²) in [6.07, 6.45) is 4.47. The van der Waals surface area contributed by atoms with Gasteiger partial charge in [-0.15, -0.1) is 0 Å². The molecule has 5 heteroatoms. The van der Waals surface area contributed by atoms with Crippen molar-refractivity contribution in [3.63, 3.8) is 0 Å². The molecule has 0 aromatic heterocycles. The fourth-order valence-corrected chi connectivity index (χ4v) is 3.59. The number of esters is 2. The van der Waals surface area contributed by atoms with Gasteiger partial charge in [0.15, 0.2) is 5.41 Å². The van der Waals surface area contributed by atoms with Crippen molar-refractivity contribution in [2.45, 2.75) is 25.7 Å². The summed E-state index contributed by atoms with van der Waals surface area (Å²) in [5.41, 5.74) is 2.10. The van der Waals surface area contributed by atoms with Gasteiger partial charge in [-0.25, -0.2) is 0 Å². The number of carbonyl (C=O) groups excluding carboxylic acids is 2. The van der Waals surface area contributed by atoms with Crippen LogP contribution in [0.3, 0.4) is 0 Å². The van der Waals surface area contributed by atoms with Crippen LogP contribution in [0.2, 0.25) is 0 Å². The zero-order valence-electron chi connectivity index (χ0n) is 14.5. The number of methoxy groups -OCH3 is 2. The third-order valence-electron chi connectivity index (χ3n) is 4.91. The van der Waals surface area contributed by atoms with Gasteiger partial charge in [-0.3, -0.25) is 9.59 Å². The number of hydrogen-bond donors (Lipinski definition) is 0. The van der Waals surface area contributed by atoms with Crippen molar-refractivity contribution in [1.82, 2.24) is 0 Å².